The van der Waals surface area contributed by atoms with E-state index in [0.29, 0.717) is 35.4 Å². The van der Waals surface area contributed by atoms with Crippen molar-refractivity contribution in [2.24, 2.45) is 11.7 Å². The minimum absolute atomic E-state index is 0.273. The molecule has 0 saturated heterocycles. The highest BCUT2D eigenvalue weighted by Gasteiger charge is 2.46. The molecule has 7 nitrogen and oxygen atoms in total. The summed E-state index contributed by atoms with van der Waals surface area (Å²) >= 11 is 0. The maximum absolute atomic E-state index is 14.3. The molecule has 1 amide bonds. The first kappa shape index (κ1) is 18.1. The van der Waals surface area contributed by atoms with E-state index in [1.54, 1.807) is 47.7 Å². The summed E-state index contributed by atoms with van der Waals surface area (Å²) in [6, 6.07) is 4.70. The van der Waals surface area contributed by atoms with Crippen molar-refractivity contribution in [1.82, 2.24) is 19.5 Å². The lowest BCUT2D eigenvalue weighted by molar-refractivity contribution is 0.100. The SMILES string of the molecule is C[C@H]1C[C@](CNc2ncc(-n3ccc(C(N)=O)c3)cn2)(c2ncccc2F)C1. The molecule has 144 valence electrons. The van der Waals surface area contributed by atoms with E-state index in [1.165, 1.54) is 6.07 Å². The van der Waals surface area contributed by atoms with Gasteiger partial charge in [-0.1, -0.05) is 6.92 Å². The predicted molar refractivity (Wildman–Crippen MR) is 103 cm³/mol. The number of amides is 1. The van der Waals surface area contributed by atoms with Crippen LogP contribution in [0.4, 0.5) is 10.3 Å². The molecule has 3 aromatic rings. The van der Waals surface area contributed by atoms with Crippen LogP contribution in [0.1, 0.15) is 35.8 Å². The quantitative estimate of drug-likeness (QED) is 0.685. The number of hydrogen-bond donors (Lipinski definition) is 2. The number of nitrogens with one attached hydrogen (secondary N) is 1. The van der Waals surface area contributed by atoms with Gasteiger partial charge in [-0.15, -0.1) is 0 Å². The number of anilines is 1. The highest BCUT2D eigenvalue weighted by Crippen LogP contribution is 2.47. The molecule has 0 atom stereocenters. The summed E-state index contributed by atoms with van der Waals surface area (Å²) in [5, 5.41) is 3.22. The van der Waals surface area contributed by atoms with Gasteiger partial charge in [0.15, 0.2) is 0 Å². The van der Waals surface area contributed by atoms with E-state index in [1.807, 2.05) is 0 Å². The van der Waals surface area contributed by atoms with E-state index >= 15 is 0 Å². The molecule has 3 heterocycles. The molecule has 0 unspecified atom stereocenters. The van der Waals surface area contributed by atoms with Crippen LogP contribution in [0.25, 0.3) is 5.69 Å². The first-order valence-electron chi connectivity index (χ1n) is 9.12. The van der Waals surface area contributed by atoms with Crippen molar-refractivity contribution < 1.29 is 9.18 Å². The fraction of sp³-hybridized carbons (Fsp3) is 0.300. The van der Waals surface area contributed by atoms with Gasteiger partial charge in [0.25, 0.3) is 0 Å². The van der Waals surface area contributed by atoms with Gasteiger partial charge in [-0.3, -0.25) is 9.78 Å². The second-order valence-electron chi connectivity index (χ2n) is 7.42. The number of halogens is 1. The summed E-state index contributed by atoms with van der Waals surface area (Å²) < 4.78 is 16.0. The van der Waals surface area contributed by atoms with Crippen molar-refractivity contribution in [3.63, 3.8) is 0 Å². The minimum Gasteiger partial charge on any atom is -0.366 e. The third kappa shape index (κ3) is 3.33. The van der Waals surface area contributed by atoms with E-state index in [4.69, 9.17) is 5.73 Å². The molecule has 1 aliphatic carbocycles. The number of carbonyl (C=O) groups is 1. The second-order valence-corrected chi connectivity index (χ2v) is 7.42. The Morgan fingerprint density at radius 2 is 2.07 bits per heavy atom. The van der Waals surface area contributed by atoms with Crippen LogP contribution in [-0.4, -0.2) is 32.0 Å². The lowest BCUT2D eigenvalue weighted by Crippen LogP contribution is -2.47. The largest absolute Gasteiger partial charge is 0.366 e. The van der Waals surface area contributed by atoms with Gasteiger partial charge in [-0.05, 0) is 37.0 Å². The Hall–Kier alpha value is -3.29. The van der Waals surface area contributed by atoms with E-state index < -0.39 is 5.91 Å². The third-order valence-electron chi connectivity index (χ3n) is 5.24. The molecule has 0 bridgehead atoms. The molecule has 0 spiro atoms. The normalized spacial score (nSPS) is 21.1. The standard InChI is InChI=1S/C20H21FN6O/c1-13-7-20(8-13,17-16(21)3-2-5-23-17)12-26-19-24-9-15(10-25-19)27-6-4-14(11-27)18(22)28/h2-6,9-11,13H,7-8,12H2,1H3,(H2,22,28)(H,24,25,26)/t13-,20-. The zero-order chi connectivity index (χ0) is 19.7. The van der Waals surface area contributed by atoms with Crippen LogP contribution in [0, 0.1) is 11.7 Å². The van der Waals surface area contributed by atoms with E-state index in [0.717, 1.165) is 12.8 Å². The molecule has 3 aromatic heterocycles. The van der Waals surface area contributed by atoms with Gasteiger partial charge < -0.3 is 15.6 Å². The van der Waals surface area contributed by atoms with E-state index in [2.05, 4.69) is 27.2 Å². The Morgan fingerprint density at radius 3 is 2.68 bits per heavy atom. The molecule has 1 aliphatic rings. The monoisotopic (exact) mass is 380 g/mol. The first-order valence-corrected chi connectivity index (χ1v) is 9.12. The molecule has 0 radical (unpaired) electrons. The third-order valence-corrected chi connectivity index (χ3v) is 5.24. The molecular formula is C20H21FN6O. The summed E-state index contributed by atoms with van der Waals surface area (Å²) in [6.07, 6.45) is 10.0. The molecule has 1 saturated carbocycles. The van der Waals surface area contributed by atoms with Crippen molar-refractivity contribution in [2.75, 3.05) is 11.9 Å². The van der Waals surface area contributed by atoms with Crippen LogP contribution in [0.15, 0.2) is 49.2 Å². The average Bonchev–Trinajstić information content (AvgIpc) is 3.16. The van der Waals surface area contributed by atoms with Gasteiger partial charge in [0.1, 0.15) is 5.82 Å². The smallest absolute Gasteiger partial charge is 0.250 e. The summed E-state index contributed by atoms with van der Waals surface area (Å²) in [6.45, 7) is 2.67. The van der Waals surface area contributed by atoms with Crippen molar-refractivity contribution >= 4 is 11.9 Å². The van der Waals surface area contributed by atoms with Crippen LogP contribution in [0.5, 0.6) is 0 Å². The van der Waals surface area contributed by atoms with Gasteiger partial charge >= 0.3 is 0 Å². The Bertz CT molecular complexity index is 994. The van der Waals surface area contributed by atoms with Crippen LogP contribution >= 0.6 is 0 Å². The Labute approximate surface area is 161 Å². The zero-order valence-electron chi connectivity index (χ0n) is 15.5. The maximum atomic E-state index is 14.3. The van der Waals surface area contributed by atoms with Crippen LogP contribution in [0.3, 0.4) is 0 Å². The fourth-order valence-corrected chi connectivity index (χ4v) is 3.97. The average molecular weight is 380 g/mol. The molecule has 0 aliphatic heterocycles. The number of rotatable bonds is 6. The van der Waals surface area contributed by atoms with Gasteiger partial charge in [0, 0.05) is 30.6 Å². The van der Waals surface area contributed by atoms with E-state index in [-0.39, 0.29) is 11.2 Å². The molecule has 3 N–H and O–H groups in total. The highest BCUT2D eigenvalue weighted by atomic mass is 19.1. The number of primary amides is 1. The zero-order valence-corrected chi connectivity index (χ0v) is 15.5. The number of nitrogens with zero attached hydrogens (tertiary/aromatic N) is 4. The second kappa shape index (κ2) is 7.03. The lowest BCUT2D eigenvalue weighted by atomic mass is 9.60. The Morgan fingerprint density at radius 1 is 1.32 bits per heavy atom. The van der Waals surface area contributed by atoms with Crippen molar-refractivity contribution in [3.05, 3.63) is 66.3 Å². The van der Waals surface area contributed by atoms with Gasteiger partial charge in [-0.25, -0.2) is 14.4 Å². The van der Waals surface area contributed by atoms with Gasteiger partial charge in [-0.2, -0.15) is 0 Å². The molecule has 8 heteroatoms. The van der Waals surface area contributed by atoms with Gasteiger partial charge in [0.2, 0.25) is 11.9 Å². The summed E-state index contributed by atoms with van der Waals surface area (Å²) in [5.74, 6) is 0.228. The van der Waals surface area contributed by atoms with Crippen molar-refractivity contribution in [1.29, 1.82) is 0 Å². The number of hydrogen-bond acceptors (Lipinski definition) is 5. The van der Waals surface area contributed by atoms with Crippen molar-refractivity contribution in [2.45, 2.75) is 25.2 Å². The summed E-state index contributed by atoms with van der Waals surface area (Å²) in [5.41, 5.74) is 6.56. The Kier molecular flexibility index (Phi) is 4.54. The van der Waals surface area contributed by atoms with Crippen LogP contribution in [-0.2, 0) is 5.41 Å². The summed E-state index contributed by atoms with van der Waals surface area (Å²) in [4.78, 5) is 24.2. The highest BCUT2D eigenvalue weighted by molar-refractivity contribution is 5.92. The van der Waals surface area contributed by atoms with Crippen LogP contribution < -0.4 is 11.1 Å². The molecule has 4 rings (SSSR count). The number of carbonyl (C=O) groups excluding carboxylic acids is 1. The topological polar surface area (TPSA) is 98.7 Å². The Balaban J connectivity index is 1.48. The van der Waals surface area contributed by atoms with E-state index in [9.17, 15) is 9.18 Å². The minimum atomic E-state index is -0.486. The van der Waals surface area contributed by atoms with Crippen molar-refractivity contribution in [3.8, 4) is 5.69 Å². The van der Waals surface area contributed by atoms with Crippen LogP contribution in [0.2, 0.25) is 0 Å². The fourth-order valence-electron chi connectivity index (χ4n) is 3.97. The summed E-state index contributed by atoms with van der Waals surface area (Å²) in [7, 11) is 0. The molecular weight excluding hydrogens is 359 g/mol. The number of aromatic nitrogens is 4. The number of nitrogens with two attached hydrogens (primary N) is 1. The predicted octanol–water partition coefficient (Wildman–Crippen LogP) is 2.68. The molecule has 1 fully saturated rings. The number of pyridine rings is 1. The van der Waals surface area contributed by atoms with Gasteiger partial charge in [0.05, 0.1) is 29.3 Å². The first-order chi connectivity index (χ1) is 13.5. The lowest BCUT2D eigenvalue weighted by Gasteiger charge is -2.46. The maximum Gasteiger partial charge on any atom is 0.250 e. The molecule has 28 heavy (non-hydrogen) atoms. The molecule has 0 aromatic carbocycles.